The number of carbonyl (C=O) groups excluding carboxylic acids is 2. The Kier molecular flexibility index (Phi) is 7.66. The molecule has 3 rings (SSSR count). The van der Waals surface area contributed by atoms with E-state index >= 15 is 0 Å². The van der Waals surface area contributed by atoms with Crippen molar-refractivity contribution in [1.29, 1.82) is 0 Å². The Morgan fingerprint density at radius 1 is 1.17 bits per heavy atom. The van der Waals surface area contributed by atoms with Gasteiger partial charge in [0.2, 0.25) is 0 Å². The van der Waals surface area contributed by atoms with Gasteiger partial charge in [0.15, 0.2) is 0 Å². The van der Waals surface area contributed by atoms with E-state index in [0.29, 0.717) is 29.9 Å². The molecule has 0 aliphatic carbocycles. The van der Waals surface area contributed by atoms with Gasteiger partial charge >= 0.3 is 11.9 Å². The van der Waals surface area contributed by atoms with Crippen molar-refractivity contribution in [3.8, 4) is 0 Å². The van der Waals surface area contributed by atoms with Gasteiger partial charge in [-0.2, -0.15) is 0 Å². The zero-order valence-electron chi connectivity index (χ0n) is 17.0. The number of ether oxygens (including phenoxy) is 3. The molecule has 0 aromatic heterocycles. The van der Waals surface area contributed by atoms with Crippen molar-refractivity contribution in [2.24, 2.45) is 0 Å². The molecule has 1 saturated heterocycles. The maximum atomic E-state index is 13.8. The molecule has 0 bridgehead atoms. The Balaban J connectivity index is 2.05. The molecule has 6 nitrogen and oxygen atoms in total. The molecule has 0 unspecified atom stereocenters. The lowest BCUT2D eigenvalue weighted by Crippen LogP contribution is -2.32. The zero-order valence-corrected chi connectivity index (χ0v) is 18.6. The predicted octanol–water partition coefficient (Wildman–Crippen LogP) is 4.06. The molecule has 2 aliphatic rings. The maximum Gasteiger partial charge on any atom is 0.336 e. The van der Waals surface area contributed by atoms with Crippen LogP contribution in [0, 0.1) is 5.82 Å². The summed E-state index contributed by atoms with van der Waals surface area (Å²) in [6, 6.07) is 4.42. The highest BCUT2D eigenvalue weighted by molar-refractivity contribution is 9.10. The molecule has 1 aromatic rings. The molecule has 1 fully saturated rings. The average Bonchev–Trinajstić information content (AvgIpc) is 3.23. The highest BCUT2D eigenvalue weighted by atomic mass is 79.9. The molecule has 0 N–H and O–H groups in total. The molecule has 8 heteroatoms. The topological polar surface area (TPSA) is 65.1 Å². The van der Waals surface area contributed by atoms with Crippen LogP contribution in [0.4, 0.5) is 4.39 Å². The first-order valence-electron chi connectivity index (χ1n) is 10.0. The van der Waals surface area contributed by atoms with Crippen LogP contribution in [0.15, 0.2) is 46.2 Å². The molecule has 162 valence electrons. The normalized spacial score (nSPS) is 19.3. The van der Waals surface area contributed by atoms with E-state index in [1.54, 1.807) is 43.3 Å². The van der Waals surface area contributed by atoms with Gasteiger partial charge in [-0.15, -0.1) is 0 Å². The lowest BCUT2D eigenvalue weighted by atomic mass is 9.83. The Morgan fingerprint density at radius 2 is 1.80 bits per heavy atom. The van der Waals surface area contributed by atoms with Crippen LogP contribution in [0.25, 0.3) is 0 Å². The third-order valence-corrected chi connectivity index (χ3v) is 5.58. The fourth-order valence-corrected chi connectivity index (χ4v) is 4.06. The monoisotopic (exact) mass is 481 g/mol. The van der Waals surface area contributed by atoms with E-state index in [1.165, 1.54) is 6.07 Å². The second-order valence-electron chi connectivity index (χ2n) is 7.05. The van der Waals surface area contributed by atoms with Crippen LogP contribution >= 0.6 is 15.9 Å². The number of hydrogen-bond donors (Lipinski definition) is 0. The smallest absolute Gasteiger partial charge is 0.336 e. The number of esters is 2. The standard InChI is InChI=1S/C22H25BrFNO5/c1-3-28-21(26)16-12-25(11-15-6-5-9-30-15)13-17(22(27)29-4-2)20(16)14-7-8-19(24)18(23)10-14/h7-8,10,12-13,15,20H,3-6,9,11H2,1-2H3/t15-/m1/s1. The fraction of sp³-hybridized carbons (Fsp3) is 0.455. The Morgan fingerprint density at radius 3 is 2.30 bits per heavy atom. The Labute approximate surface area is 183 Å². The summed E-state index contributed by atoms with van der Waals surface area (Å²) >= 11 is 3.19. The second kappa shape index (κ2) is 10.2. The van der Waals surface area contributed by atoms with Crippen molar-refractivity contribution < 1.29 is 28.2 Å². The third kappa shape index (κ3) is 5.10. The Bertz CT molecular complexity index is 827. The van der Waals surface area contributed by atoms with Gasteiger partial charge in [-0.05, 0) is 60.3 Å². The van der Waals surface area contributed by atoms with Gasteiger partial charge in [-0.3, -0.25) is 0 Å². The number of nitrogens with zero attached hydrogens (tertiary/aromatic N) is 1. The molecule has 0 saturated carbocycles. The van der Waals surface area contributed by atoms with Crippen LogP contribution in [-0.4, -0.2) is 49.3 Å². The van der Waals surface area contributed by atoms with Crippen LogP contribution in [0.1, 0.15) is 38.2 Å². The van der Waals surface area contributed by atoms with Gasteiger partial charge in [-0.25, -0.2) is 14.0 Å². The maximum absolute atomic E-state index is 13.8. The van der Waals surface area contributed by atoms with E-state index in [1.807, 2.05) is 0 Å². The quantitative estimate of drug-likeness (QED) is 0.547. The van der Waals surface area contributed by atoms with E-state index < -0.39 is 23.7 Å². The first-order chi connectivity index (χ1) is 14.4. The molecule has 0 amide bonds. The van der Waals surface area contributed by atoms with Crippen LogP contribution in [0.3, 0.4) is 0 Å². The molecule has 2 aliphatic heterocycles. The lowest BCUT2D eigenvalue weighted by molar-refractivity contribution is -0.139. The second-order valence-corrected chi connectivity index (χ2v) is 7.90. The fourth-order valence-electron chi connectivity index (χ4n) is 3.66. The van der Waals surface area contributed by atoms with Gasteiger partial charge in [0, 0.05) is 25.6 Å². The van der Waals surface area contributed by atoms with Gasteiger partial charge in [0.25, 0.3) is 0 Å². The first-order valence-corrected chi connectivity index (χ1v) is 10.8. The molecule has 1 aromatic carbocycles. The van der Waals surface area contributed by atoms with Gasteiger partial charge < -0.3 is 19.1 Å². The van der Waals surface area contributed by atoms with E-state index in [2.05, 4.69) is 15.9 Å². The summed E-state index contributed by atoms with van der Waals surface area (Å²) in [6.07, 6.45) is 5.28. The third-order valence-electron chi connectivity index (χ3n) is 4.97. The molecule has 1 atom stereocenters. The summed E-state index contributed by atoms with van der Waals surface area (Å²) in [5.74, 6) is -2.23. The number of carbonyl (C=O) groups is 2. The van der Waals surface area contributed by atoms with E-state index in [4.69, 9.17) is 14.2 Å². The van der Waals surface area contributed by atoms with E-state index in [9.17, 15) is 14.0 Å². The molecule has 0 radical (unpaired) electrons. The SMILES string of the molecule is CCOC(=O)C1=CN(C[C@H]2CCCO2)C=C(C(=O)OCC)C1c1ccc(F)c(Br)c1. The van der Waals surface area contributed by atoms with Gasteiger partial charge in [-0.1, -0.05) is 6.07 Å². The molecule has 2 heterocycles. The van der Waals surface area contributed by atoms with E-state index in [-0.39, 0.29) is 23.8 Å². The van der Waals surface area contributed by atoms with Crippen molar-refractivity contribution in [3.05, 3.63) is 57.6 Å². The Hall–Kier alpha value is -2.19. The van der Waals surface area contributed by atoms with Crippen LogP contribution < -0.4 is 0 Å². The number of benzene rings is 1. The van der Waals surface area contributed by atoms with Crippen molar-refractivity contribution >= 4 is 27.9 Å². The van der Waals surface area contributed by atoms with Crippen LogP contribution in [0.5, 0.6) is 0 Å². The van der Waals surface area contributed by atoms with Gasteiger partial charge in [0.1, 0.15) is 5.82 Å². The molecular formula is C22H25BrFNO5. The highest BCUT2D eigenvalue weighted by Crippen LogP contribution is 2.38. The number of hydrogen-bond acceptors (Lipinski definition) is 6. The van der Waals surface area contributed by atoms with Crippen molar-refractivity contribution in [2.45, 2.75) is 38.7 Å². The predicted molar refractivity (Wildman–Crippen MR) is 112 cm³/mol. The number of rotatable bonds is 7. The van der Waals surface area contributed by atoms with Crippen molar-refractivity contribution in [3.63, 3.8) is 0 Å². The summed E-state index contributed by atoms with van der Waals surface area (Å²) in [5.41, 5.74) is 1.16. The van der Waals surface area contributed by atoms with Crippen LogP contribution in [-0.2, 0) is 23.8 Å². The molecular weight excluding hydrogens is 457 g/mol. The summed E-state index contributed by atoms with van der Waals surface area (Å²) in [7, 11) is 0. The highest BCUT2D eigenvalue weighted by Gasteiger charge is 2.36. The minimum Gasteiger partial charge on any atom is -0.463 e. The summed E-state index contributed by atoms with van der Waals surface area (Å²) < 4.78 is 30.3. The van der Waals surface area contributed by atoms with Crippen molar-refractivity contribution in [1.82, 2.24) is 4.90 Å². The molecule has 30 heavy (non-hydrogen) atoms. The van der Waals surface area contributed by atoms with Gasteiger partial charge in [0.05, 0.1) is 40.9 Å². The summed E-state index contributed by atoms with van der Waals surface area (Å²) in [6.45, 7) is 5.04. The molecule has 0 spiro atoms. The minimum atomic E-state index is -0.735. The summed E-state index contributed by atoms with van der Waals surface area (Å²) in [5, 5.41) is 0. The minimum absolute atomic E-state index is 0.0147. The van der Waals surface area contributed by atoms with Crippen molar-refractivity contribution in [2.75, 3.05) is 26.4 Å². The zero-order chi connectivity index (χ0) is 21.7. The number of halogens is 2. The largest absolute Gasteiger partial charge is 0.463 e. The lowest BCUT2D eigenvalue weighted by Gasteiger charge is -2.31. The van der Waals surface area contributed by atoms with E-state index in [0.717, 1.165) is 12.8 Å². The average molecular weight is 482 g/mol. The summed E-state index contributed by atoms with van der Waals surface area (Å²) in [4.78, 5) is 27.4. The first kappa shape index (κ1) is 22.5. The van der Waals surface area contributed by atoms with Crippen LogP contribution in [0.2, 0.25) is 0 Å².